The van der Waals surface area contributed by atoms with E-state index >= 15 is 0 Å². The Labute approximate surface area is 347 Å². The minimum atomic E-state index is -1.42. The molecule has 280 valence electrons. The molecular formula is C56H42N2Si. The summed E-state index contributed by atoms with van der Waals surface area (Å²) in [6.45, 7) is 7.24. The van der Waals surface area contributed by atoms with Crippen LogP contribution in [0.1, 0.15) is 22.3 Å². The van der Waals surface area contributed by atoms with E-state index in [4.69, 9.17) is 9.97 Å². The molecule has 0 fully saturated rings. The molecule has 0 N–H and O–H groups in total. The lowest BCUT2D eigenvalue weighted by Gasteiger charge is -2.31. The van der Waals surface area contributed by atoms with Gasteiger partial charge in [-0.1, -0.05) is 201 Å². The lowest BCUT2D eigenvalue weighted by Crippen LogP contribution is -2.37. The minimum Gasteiger partial charge on any atom is -0.228 e. The van der Waals surface area contributed by atoms with Crippen molar-refractivity contribution in [3.05, 3.63) is 222 Å². The average molecular weight is 771 g/mol. The first kappa shape index (κ1) is 35.2. The Morgan fingerprint density at radius 2 is 0.763 bits per heavy atom. The van der Waals surface area contributed by atoms with Gasteiger partial charge in [0.25, 0.3) is 0 Å². The zero-order valence-corrected chi connectivity index (χ0v) is 34.4. The van der Waals surface area contributed by atoms with Gasteiger partial charge in [-0.25, -0.2) is 9.97 Å². The molecule has 11 rings (SSSR count). The van der Waals surface area contributed by atoms with Gasteiger partial charge in [-0.05, 0) is 91.0 Å². The molecule has 2 aliphatic rings. The fraction of sp³-hybridized carbons (Fsp3) is 0.0714. The van der Waals surface area contributed by atoms with Crippen LogP contribution in [0.15, 0.2) is 200 Å². The van der Waals surface area contributed by atoms with E-state index in [0.29, 0.717) is 0 Å². The number of nitrogens with zero attached hydrogens (tertiary/aromatic N) is 2. The van der Waals surface area contributed by atoms with E-state index in [9.17, 15) is 0 Å². The predicted molar refractivity (Wildman–Crippen MR) is 248 cm³/mol. The van der Waals surface area contributed by atoms with Gasteiger partial charge in [0.05, 0.1) is 24.9 Å². The second-order valence-corrected chi connectivity index (χ2v) is 22.0. The van der Waals surface area contributed by atoms with E-state index in [1.165, 1.54) is 66.4 Å². The van der Waals surface area contributed by atoms with Crippen LogP contribution in [0.25, 0.3) is 78.4 Å². The van der Waals surface area contributed by atoms with Crippen molar-refractivity contribution >= 4 is 13.3 Å². The largest absolute Gasteiger partial charge is 0.228 e. The summed E-state index contributed by atoms with van der Waals surface area (Å²) in [5.74, 6) is 0.717. The summed E-state index contributed by atoms with van der Waals surface area (Å²) in [5.41, 5.74) is 19.9. The first-order valence-electron chi connectivity index (χ1n) is 20.6. The van der Waals surface area contributed by atoms with E-state index in [1.54, 1.807) is 0 Å². The van der Waals surface area contributed by atoms with Gasteiger partial charge in [0.15, 0.2) is 5.82 Å². The Kier molecular flexibility index (Phi) is 8.11. The van der Waals surface area contributed by atoms with E-state index in [0.717, 1.165) is 39.5 Å². The number of hydrogen-bond acceptors (Lipinski definition) is 2. The highest BCUT2D eigenvalue weighted by Crippen LogP contribution is 2.63. The Morgan fingerprint density at radius 1 is 0.322 bits per heavy atom. The Hall–Kier alpha value is -6.94. The maximum atomic E-state index is 5.17. The van der Waals surface area contributed by atoms with Crippen molar-refractivity contribution in [2.45, 2.75) is 25.1 Å². The molecule has 2 aliphatic carbocycles. The van der Waals surface area contributed by atoms with Crippen molar-refractivity contribution in [1.82, 2.24) is 9.97 Å². The Morgan fingerprint density at radius 3 is 1.36 bits per heavy atom. The molecule has 1 aromatic heterocycles. The van der Waals surface area contributed by atoms with Gasteiger partial charge in [0, 0.05) is 16.7 Å². The fourth-order valence-electron chi connectivity index (χ4n) is 9.59. The smallest absolute Gasteiger partial charge is 0.160 e. The van der Waals surface area contributed by atoms with Gasteiger partial charge in [-0.2, -0.15) is 0 Å². The van der Waals surface area contributed by atoms with Crippen molar-refractivity contribution < 1.29 is 0 Å². The van der Waals surface area contributed by atoms with Crippen molar-refractivity contribution in [2.24, 2.45) is 0 Å². The highest BCUT2D eigenvalue weighted by Gasteiger charge is 2.51. The second kappa shape index (κ2) is 13.6. The summed E-state index contributed by atoms with van der Waals surface area (Å²) >= 11 is 0. The third-order valence-electron chi connectivity index (χ3n) is 12.5. The highest BCUT2D eigenvalue weighted by molar-refractivity contribution is 6.88. The third-order valence-corrected chi connectivity index (χ3v) is 14.6. The molecule has 8 aromatic carbocycles. The van der Waals surface area contributed by atoms with Crippen molar-refractivity contribution in [2.75, 3.05) is 0 Å². The van der Waals surface area contributed by atoms with Crippen LogP contribution in [-0.4, -0.2) is 18.0 Å². The van der Waals surface area contributed by atoms with Gasteiger partial charge in [0.2, 0.25) is 0 Å². The van der Waals surface area contributed by atoms with Crippen molar-refractivity contribution in [3.63, 3.8) is 0 Å². The first-order chi connectivity index (χ1) is 28.9. The van der Waals surface area contributed by atoms with E-state index in [-0.39, 0.29) is 0 Å². The SMILES string of the molecule is C[Si](C)(C)c1ccc(-c2ccc3c(c2)C2(c4ccccc4-c4ccccc42)c2cc(-c4cccc(-c5cc(-c6ccccc6)nc(-c6ccccc6)n5)c4)ccc2-3)cc1. The van der Waals surface area contributed by atoms with Gasteiger partial charge < -0.3 is 0 Å². The summed E-state index contributed by atoms with van der Waals surface area (Å²) in [6.07, 6.45) is 0. The number of fused-ring (bicyclic) bond motifs is 10. The standard InChI is InChI=1S/C56H42N2Si/c1-59(2,3)44-29-25-37(26-30-44)41-27-31-47-48-32-28-42(35-52(48)56(51(47)34-41)49-23-12-10-21-45(49)46-22-11-13-24-50(46)56)40-19-14-20-43(33-40)54-36-53(38-15-6-4-7-16-38)57-55(58-54)39-17-8-5-9-18-39/h4-36H,1-3H3. The maximum Gasteiger partial charge on any atom is 0.160 e. The van der Waals surface area contributed by atoms with Crippen LogP contribution < -0.4 is 5.19 Å². The van der Waals surface area contributed by atoms with Crippen LogP contribution in [0.4, 0.5) is 0 Å². The summed E-state index contributed by atoms with van der Waals surface area (Å²) in [5, 5.41) is 1.48. The molecule has 2 nitrogen and oxygen atoms in total. The fourth-order valence-corrected chi connectivity index (χ4v) is 10.8. The Balaban J connectivity index is 1.08. The average Bonchev–Trinajstić information content (AvgIpc) is 3.76. The molecule has 59 heavy (non-hydrogen) atoms. The lowest BCUT2D eigenvalue weighted by molar-refractivity contribution is 0.794. The quantitative estimate of drug-likeness (QED) is 0.157. The third kappa shape index (κ3) is 5.68. The molecule has 0 unspecified atom stereocenters. The molecule has 1 heterocycles. The topological polar surface area (TPSA) is 25.8 Å². The molecule has 0 saturated carbocycles. The summed E-state index contributed by atoms with van der Waals surface area (Å²) in [7, 11) is -1.42. The van der Waals surface area contributed by atoms with Gasteiger partial charge in [0.1, 0.15) is 0 Å². The predicted octanol–water partition coefficient (Wildman–Crippen LogP) is 13.7. The first-order valence-corrected chi connectivity index (χ1v) is 24.1. The zero-order valence-electron chi connectivity index (χ0n) is 33.4. The molecular weight excluding hydrogens is 729 g/mol. The van der Waals surface area contributed by atoms with E-state index in [2.05, 4.69) is 196 Å². The summed E-state index contributed by atoms with van der Waals surface area (Å²) in [6, 6.07) is 73.5. The van der Waals surface area contributed by atoms with Crippen LogP contribution in [0.5, 0.6) is 0 Å². The summed E-state index contributed by atoms with van der Waals surface area (Å²) in [4.78, 5) is 10.2. The normalized spacial score (nSPS) is 13.1. The Bertz CT molecular complexity index is 2970. The van der Waals surface area contributed by atoms with E-state index in [1.807, 2.05) is 24.3 Å². The van der Waals surface area contributed by atoms with Crippen LogP contribution in [0, 0.1) is 0 Å². The second-order valence-electron chi connectivity index (χ2n) is 17.0. The molecule has 0 atom stereocenters. The molecule has 0 amide bonds. The number of aromatic nitrogens is 2. The number of hydrogen-bond donors (Lipinski definition) is 0. The molecule has 0 bridgehead atoms. The number of benzene rings is 8. The molecule has 0 radical (unpaired) electrons. The summed E-state index contributed by atoms with van der Waals surface area (Å²) < 4.78 is 0. The van der Waals surface area contributed by atoms with Crippen LogP contribution in [0.3, 0.4) is 0 Å². The molecule has 9 aromatic rings. The monoisotopic (exact) mass is 770 g/mol. The van der Waals surface area contributed by atoms with Crippen molar-refractivity contribution in [1.29, 1.82) is 0 Å². The maximum absolute atomic E-state index is 5.17. The lowest BCUT2D eigenvalue weighted by atomic mass is 9.70. The van der Waals surface area contributed by atoms with E-state index < -0.39 is 13.5 Å². The highest BCUT2D eigenvalue weighted by atomic mass is 28.3. The van der Waals surface area contributed by atoms with Gasteiger partial charge >= 0.3 is 0 Å². The number of rotatable bonds is 6. The van der Waals surface area contributed by atoms with Crippen LogP contribution in [0.2, 0.25) is 19.6 Å². The van der Waals surface area contributed by atoms with Gasteiger partial charge in [-0.3, -0.25) is 0 Å². The van der Waals surface area contributed by atoms with Gasteiger partial charge in [-0.15, -0.1) is 0 Å². The molecule has 1 spiro atoms. The van der Waals surface area contributed by atoms with Crippen LogP contribution in [-0.2, 0) is 5.41 Å². The van der Waals surface area contributed by atoms with Crippen molar-refractivity contribution in [3.8, 4) is 78.4 Å². The molecule has 0 aliphatic heterocycles. The molecule has 3 heteroatoms. The zero-order chi connectivity index (χ0) is 39.7. The minimum absolute atomic E-state index is 0.457. The molecule has 0 saturated heterocycles. The van der Waals surface area contributed by atoms with Crippen LogP contribution >= 0.6 is 0 Å².